The monoisotopic (exact) mass is 480 g/mol. The van der Waals surface area contributed by atoms with E-state index in [-0.39, 0.29) is 18.4 Å². The number of likely N-dealkylation sites (tertiary alicyclic amines) is 1. The smallest absolute Gasteiger partial charge is 0.267 e. The first kappa shape index (κ1) is 21.9. The first-order valence-corrected chi connectivity index (χ1v) is 11.8. The van der Waals surface area contributed by atoms with Crippen molar-refractivity contribution in [2.45, 2.75) is 37.3 Å². The Labute approximate surface area is 200 Å². The van der Waals surface area contributed by atoms with E-state index in [1.807, 2.05) is 18.2 Å². The summed E-state index contributed by atoms with van der Waals surface area (Å²) in [5.41, 5.74) is 2.88. The van der Waals surface area contributed by atoms with Crippen molar-refractivity contribution in [2.24, 2.45) is 0 Å². The van der Waals surface area contributed by atoms with Crippen LogP contribution in [0.15, 0.2) is 36.8 Å². The highest BCUT2D eigenvalue weighted by Gasteiger charge is 2.49. The summed E-state index contributed by atoms with van der Waals surface area (Å²) < 4.78 is 31.2. The minimum absolute atomic E-state index is 0.158. The molecule has 2 aliphatic rings. The number of nitrogens with one attached hydrogen (secondary N) is 2. The number of hydrogen-bond acceptors (Lipinski definition) is 6. The van der Waals surface area contributed by atoms with E-state index >= 15 is 0 Å². The molecule has 2 atom stereocenters. The summed E-state index contributed by atoms with van der Waals surface area (Å²) in [6.45, 7) is 1.96. The Morgan fingerprint density at radius 2 is 2.11 bits per heavy atom. The fraction of sp³-hybridized carbons (Fsp3) is 0.417. The van der Waals surface area contributed by atoms with Gasteiger partial charge >= 0.3 is 0 Å². The second-order valence-corrected chi connectivity index (χ2v) is 9.43. The van der Waals surface area contributed by atoms with Gasteiger partial charge in [-0.05, 0) is 38.6 Å². The Kier molecular flexibility index (Phi) is 4.99. The Hall–Kier alpha value is -3.60. The van der Waals surface area contributed by atoms with Crippen LogP contribution in [0.5, 0.6) is 0 Å². The van der Waals surface area contributed by atoms with E-state index in [4.69, 9.17) is 4.98 Å². The van der Waals surface area contributed by atoms with Crippen molar-refractivity contribution in [3.63, 3.8) is 0 Å². The van der Waals surface area contributed by atoms with Gasteiger partial charge in [0, 0.05) is 55.5 Å². The maximum atomic E-state index is 13.8. The van der Waals surface area contributed by atoms with Crippen LogP contribution in [0.1, 0.15) is 35.7 Å². The number of anilines is 1. The lowest BCUT2D eigenvalue weighted by Gasteiger charge is -2.36. The van der Waals surface area contributed by atoms with Crippen LogP contribution < -0.4 is 10.6 Å². The lowest BCUT2D eigenvalue weighted by Crippen LogP contribution is -2.55. The lowest BCUT2D eigenvalue weighted by atomic mass is 9.88. The van der Waals surface area contributed by atoms with Gasteiger partial charge in [0.1, 0.15) is 17.0 Å². The number of carbonyl (C=O) groups excluding carboxylic acids is 1. The average molecular weight is 481 g/mol. The van der Waals surface area contributed by atoms with Gasteiger partial charge in [-0.2, -0.15) is 9.61 Å². The number of amides is 1. The molecule has 1 saturated heterocycles. The van der Waals surface area contributed by atoms with E-state index in [2.05, 4.69) is 43.4 Å². The van der Waals surface area contributed by atoms with Crippen LogP contribution in [0, 0.1) is 0 Å². The molecular weight excluding hydrogens is 454 g/mol. The maximum absolute atomic E-state index is 13.8. The third kappa shape index (κ3) is 3.53. The predicted molar refractivity (Wildman–Crippen MR) is 128 cm³/mol. The Morgan fingerprint density at radius 1 is 1.26 bits per heavy atom. The summed E-state index contributed by atoms with van der Waals surface area (Å²) in [5, 5.41) is 10.8. The molecule has 2 fully saturated rings. The summed E-state index contributed by atoms with van der Waals surface area (Å²) >= 11 is 0. The molecule has 4 aromatic rings. The zero-order chi connectivity index (χ0) is 24.3. The Balaban J connectivity index is 1.45. The molecule has 4 aromatic heterocycles. The summed E-state index contributed by atoms with van der Waals surface area (Å²) in [6, 6.07) is 4.92. The quantitative estimate of drug-likeness (QED) is 0.456. The average Bonchev–Trinajstić information content (AvgIpc) is 3.57. The number of fused-ring (bicyclic) bond motifs is 2. The first-order chi connectivity index (χ1) is 16.9. The van der Waals surface area contributed by atoms with Crippen LogP contribution in [-0.4, -0.2) is 74.1 Å². The highest BCUT2D eigenvalue weighted by Crippen LogP contribution is 2.38. The van der Waals surface area contributed by atoms with E-state index in [9.17, 15) is 13.6 Å². The number of carbonyl (C=O) groups is 1. The zero-order valence-corrected chi connectivity index (χ0v) is 19.5. The normalized spacial score (nSPS) is 21.9. The highest BCUT2D eigenvalue weighted by molar-refractivity contribution is 6.01. The molecule has 1 aliphatic carbocycles. The van der Waals surface area contributed by atoms with Crippen LogP contribution in [0.25, 0.3) is 27.9 Å². The number of likely N-dealkylation sites (N-methyl/N-ethyl adjacent to an activating group) is 1. The van der Waals surface area contributed by atoms with E-state index in [1.165, 1.54) is 10.7 Å². The number of nitrogens with zero attached hydrogens (tertiary/aromatic N) is 6. The van der Waals surface area contributed by atoms with Gasteiger partial charge in [-0.1, -0.05) is 0 Å². The molecule has 35 heavy (non-hydrogen) atoms. The number of hydrogen-bond donors (Lipinski definition) is 2. The lowest BCUT2D eigenvalue weighted by molar-refractivity contribution is -0.102. The van der Waals surface area contributed by atoms with Gasteiger partial charge in [-0.3, -0.25) is 4.79 Å². The van der Waals surface area contributed by atoms with Gasteiger partial charge < -0.3 is 20.1 Å². The van der Waals surface area contributed by atoms with Gasteiger partial charge in [-0.25, -0.2) is 18.7 Å². The summed E-state index contributed by atoms with van der Waals surface area (Å²) in [4.78, 5) is 24.6. The largest absolute Gasteiger partial charge is 0.373 e. The number of alkyl halides is 2. The number of pyridine rings is 1. The fourth-order valence-electron chi connectivity index (χ4n) is 5.06. The number of rotatable bonds is 5. The molecule has 1 aliphatic heterocycles. The summed E-state index contributed by atoms with van der Waals surface area (Å²) in [6.07, 6.45) is 6.30. The van der Waals surface area contributed by atoms with Crippen LogP contribution in [0.2, 0.25) is 0 Å². The van der Waals surface area contributed by atoms with Gasteiger partial charge in [0.25, 0.3) is 11.8 Å². The molecule has 1 saturated carbocycles. The summed E-state index contributed by atoms with van der Waals surface area (Å²) in [5.74, 6) is -2.85. The fourth-order valence-corrected chi connectivity index (χ4v) is 5.06. The first-order valence-electron chi connectivity index (χ1n) is 11.8. The van der Waals surface area contributed by atoms with Crippen molar-refractivity contribution >= 4 is 28.4 Å². The molecule has 9 nitrogen and oxygen atoms in total. The molecule has 2 N–H and O–H groups in total. The second-order valence-electron chi connectivity index (χ2n) is 9.43. The third-order valence-electron chi connectivity index (χ3n) is 7.18. The minimum Gasteiger partial charge on any atom is -0.373 e. The van der Waals surface area contributed by atoms with Crippen LogP contribution in [0.4, 0.5) is 14.6 Å². The van der Waals surface area contributed by atoms with Crippen LogP contribution in [-0.2, 0) is 0 Å². The van der Waals surface area contributed by atoms with Crippen molar-refractivity contribution in [2.75, 3.05) is 32.5 Å². The van der Waals surface area contributed by atoms with Crippen LogP contribution >= 0.6 is 0 Å². The highest BCUT2D eigenvalue weighted by atomic mass is 19.3. The molecule has 0 spiro atoms. The molecule has 5 heterocycles. The Bertz CT molecular complexity index is 1440. The van der Waals surface area contributed by atoms with Crippen molar-refractivity contribution in [1.82, 2.24) is 34.4 Å². The zero-order valence-electron chi connectivity index (χ0n) is 19.5. The Morgan fingerprint density at radius 3 is 2.80 bits per heavy atom. The van der Waals surface area contributed by atoms with E-state index < -0.39 is 17.9 Å². The van der Waals surface area contributed by atoms with E-state index in [0.717, 1.165) is 36.1 Å². The second kappa shape index (κ2) is 7.98. The predicted octanol–water partition coefficient (Wildman–Crippen LogP) is 3.19. The van der Waals surface area contributed by atoms with Gasteiger partial charge in [0.2, 0.25) is 0 Å². The topological polar surface area (TPSA) is 92.4 Å². The molecule has 0 bridgehead atoms. The molecule has 1 unspecified atom stereocenters. The number of aromatic nitrogens is 5. The van der Waals surface area contributed by atoms with E-state index in [1.54, 1.807) is 13.2 Å². The molecule has 11 heteroatoms. The standard InChI is InChI=1S/C24H26F2N8O/c1-27-20-10-18(17-13-33(14-6-9-32(2)12-14)21-15(17)4-3-8-28-21)30-22-16(11-29-34(20)22)23(35)31-19-5-7-24(19,25)26/h3-4,8,10-11,13-14,19,27H,5-7,9,12H2,1-2H3,(H,31,35)/t14-,19?/m1/s1. The van der Waals surface area contributed by atoms with Crippen molar-refractivity contribution in [3.8, 4) is 11.3 Å². The molecule has 0 radical (unpaired) electrons. The van der Waals surface area contributed by atoms with Crippen molar-refractivity contribution in [3.05, 3.63) is 42.4 Å². The maximum Gasteiger partial charge on any atom is 0.267 e. The van der Waals surface area contributed by atoms with Gasteiger partial charge in [0.15, 0.2) is 5.65 Å². The molecule has 0 aromatic carbocycles. The van der Waals surface area contributed by atoms with E-state index in [0.29, 0.717) is 23.2 Å². The number of halogens is 2. The molecule has 6 rings (SSSR count). The molecule has 1 amide bonds. The molecular formula is C24H26F2N8O. The van der Waals surface area contributed by atoms with Crippen LogP contribution in [0.3, 0.4) is 0 Å². The van der Waals surface area contributed by atoms with Gasteiger partial charge in [-0.15, -0.1) is 0 Å². The molecule has 182 valence electrons. The minimum atomic E-state index is -2.88. The summed E-state index contributed by atoms with van der Waals surface area (Å²) in [7, 11) is 3.87. The van der Waals surface area contributed by atoms with Crippen molar-refractivity contribution in [1.29, 1.82) is 0 Å². The van der Waals surface area contributed by atoms with Gasteiger partial charge in [0.05, 0.1) is 17.9 Å². The SMILES string of the molecule is CNc1cc(-c2cn([C@@H]3CCN(C)C3)c3ncccc23)nc2c(C(=O)NC3CCC3(F)F)cnn12. The third-order valence-corrected chi connectivity index (χ3v) is 7.18. The van der Waals surface area contributed by atoms with Crippen molar-refractivity contribution < 1.29 is 13.6 Å².